The summed E-state index contributed by atoms with van der Waals surface area (Å²) < 4.78 is 0. The molecular formula is C18H24N2O2S. The minimum Gasteiger partial charge on any atom is -0.351 e. The molecule has 1 aromatic rings. The van der Waals surface area contributed by atoms with Gasteiger partial charge in [-0.2, -0.15) is 0 Å². The van der Waals surface area contributed by atoms with E-state index in [1.807, 2.05) is 22.4 Å². The van der Waals surface area contributed by atoms with Crippen molar-refractivity contribution in [3.05, 3.63) is 22.4 Å². The van der Waals surface area contributed by atoms with Gasteiger partial charge < -0.3 is 10.2 Å². The third-order valence-electron chi connectivity index (χ3n) is 5.92. The zero-order valence-corrected chi connectivity index (χ0v) is 14.2. The minimum absolute atomic E-state index is 0.0911. The Labute approximate surface area is 141 Å². The number of carbonyl (C=O) groups excluding carboxylic acids is 2. The first-order chi connectivity index (χ1) is 11.2. The molecular weight excluding hydrogens is 308 g/mol. The molecule has 1 spiro atoms. The SMILES string of the molecule is O=C(NCc1cccs1)[C@H]1C[C@@]12CCN(C(=O)C1CCCC1)C2. The molecule has 1 N–H and O–H groups in total. The molecule has 2 amide bonds. The van der Waals surface area contributed by atoms with Gasteiger partial charge in [-0.05, 0) is 37.1 Å². The summed E-state index contributed by atoms with van der Waals surface area (Å²) in [7, 11) is 0. The lowest BCUT2D eigenvalue weighted by Gasteiger charge is -2.20. The van der Waals surface area contributed by atoms with Crippen LogP contribution in [0.2, 0.25) is 0 Å². The molecule has 2 aliphatic carbocycles. The van der Waals surface area contributed by atoms with E-state index in [9.17, 15) is 9.59 Å². The molecule has 5 heteroatoms. The fraction of sp³-hybridized carbons (Fsp3) is 0.667. The molecule has 0 aromatic carbocycles. The van der Waals surface area contributed by atoms with Crippen molar-refractivity contribution in [2.24, 2.45) is 17.3 Å². The van der Waals surface area contributed by atoms with Crippen LogP contribution in [-0.4, -0.2) is 29.8 Å². The monoisotopic (exact) mass is 332 g/mol. The molecule has 4 nitrogen and oxygen atoms in total. The summed E-state index contributed by atoms with van der Waals surface area (Å²) in [4.78, 5) is 28.2. The van der Waals surface area contributed by atoms with E-state index < -0.39 is 0 Å². The van der Waals surface area contributed by atoms with Crippen molar-refractivity contribution in [1.29, 1.82) is 0 Å². The fourth-order valence-electron chi connectivity index (χ4n) is 4.39. The lowest BCUT2D eigenvalue weighted by molar-refractivity contribution is -0.134. The van der Waals surface area contributed by atoms with Crippen LogP contribution >= 0.6 is 11.3 Å². The van der Waals surface area contributed by atoms with Crippen LogP contribution in [-0.2, 0) is 16.1 Å². The maximum Gasteiger partial charge on any atom is 0.225 e. The Morgan fingerprint density at radius 3 is 2.91 bits per heavy atom. The fourth-order valence-corrected chi connectivity index (χ4v) is 5.04. The molecule has 2 atom stereocenters. The van der Waals surface area contributed by atoms with Gasteiger partial charge in [0.05, 0.1) is 6.54 Å². The molecule has 2 saturated carbocycles. The summed E-state index contributed by atoms with van der Waals surface area (Å²) in [5, 5.41) is 5.10. The number of nitrogens with zero attached hydrogens (tertiary/aromatic N) is 1. The zero-order valence-electron chi connectivity index (χ0n) is 13.4. The third-order valence-corrected chi connectivity index (χ3v) is 6.80. The highest BCUT2D eigenvalue weighted by Crippen LogP contribution is 2.58. The Hall–Kier alpha value is -1.36. The molecule has 3 aliphatic rings. The number of rotatable bonds is 4. The number of carbonyl (C=O) groups is 2. The topological polar surface area (TPSA) is 49.4 Å². The number of thiophene rings is 1. The first-order valence-corrected chi connectivity index (χ1v) is 9.65. The van der Waals surface area contributed by atoms with Crippen LogP contribution in [0.3, 0.4) is 0 Å². The predicted molar refractivity (Wildman–Crippen MR) is 89.9 cm³/mol. The van der Waals surface area contributed by atoms with Gasteiger partial charge in [0, 0.05) is 35.2 Å². The summed E-state index contributed by atoms with van der Waals surface area (Å²) >= 11 is 1.67. The molecule has 0 bridgehead atoms. The number of amides is 2. The summed E-state index contributed by atoms with van der Waals surface area (Å²) in [6.45, 7) is 2.29. The highest BCUT2D eigenvalue weighted by Gasteiger charge is 2.61. The average molecular weight is 332 g/mol. The Balaban J connectivity index is 1.29. The summed E-state index contributed by atoms with van der Waals surface area (Å²) in [5.74, 6) is 0.899. The van der Waals surface area contributed by atoms with Gasteiger partial charge in [0.2, 0.25) is 11.8 Å². The molecule has 23 heavy (non-hydrogen) atoms. The molecule has 4 rings (SSSR count). The summed E-state index contributed by atoms with van der Waals surface area (Å²) in [6, 6.07) is 4.05. The van der Waals surface area contributed by atoms with E-state index >= 15 is 0 Å². The Kier molecular flexibility index (Phi) is 3.92. The van der Waals surface area contributed by atoms with Crippen LogP contribution in [0.5, 0.6) is 0 Å². The normalized spacial score (nSPS) is 30.1. The van der Waals surface area contributed by atoms with Crippen molar-refractivity contribution >= 4 is 23.2 Å². The van der Waals surface area contributed by atoms with Crippen molar-refractivity contribution in [2.75, 3.05) is 13.1 Å². The smallest absolute Gasteiger partial charge is 0.225 e. The van der Waals surface area contributed by atoms with Gasteiger partial charge >= 0.3 is 0 Å². The quantitative estimate of drug-likeness (QED) is 0.922. The van der Waals surface area contributed by atoms with E-state index in [0.29, 0.717) is 12.5 Å². The van der Waals surface area contributed by atoms with Gasteiger partial charge in [0.15, 0.2) is 0 Å². The number of nitrogens with one attached hydrogen (secondary N) is 1. The van der Waals surface area contributed by atoms with E-state index in [4.69, 9.17) is 0 Å². The Morgan fingerprint density at radius 1 is 1.35 bits per heavy atom. The summed E-state index contributed by atoms with van der Waals surface area (Å²) in [6.07, 6.45) is 6.48. The summed E-state index contributed by atoms with van der Waals surface area (Å²) in [5.41, 5.74) is 0.0911. The molecule has 1 aromatic heterocycles. The number of hydrogen-bond donors (Lipinski definition) is 1. The molecule has 1 aliphatic heterocycles. The zero-order chi connectivity index (χ0) is 15.9. The van der Waals surface area contributed by atoms with Crippen molar-refractivity contribution < 1.29 is 9.59 Å². The van der Waals surface area contributed by atoms with Crippen LogP contribution in [0.15, 0.2) is 17.5 Å². The first-order valence-electron chi connectivity index (χ1n) is 8.77. The second-order valence-electron chi connectivity index (χ2n) is 7.41. The Morgan fingerprint density at radius 2 is 2.17 bits per heavy atom. The van der Waals surface area contributed by atoms with Gasteiger partial charge in [0.25, 0.3) is 0 Å². The Bertz CT molecular complexity index is 594. The van der Waals surface area contributed by atoms with Gasteiger partial charge in [-0.1, -0.05) is 18.9 Å². The van der Waals surface area contributed by atoms with Crippen molar-refractivity contribution in [3.63, 3.8) is 0 Å². The lowest BCUT2D eigenvalue weighted by Crippen LogP contribution is -2.34. The molecule has 0 radical (unpaired) electrons. The molecule has 1 saturated heterocycles. The van der Waals surface area contributed by atoms with Gasteiger partial charge in [0.1, 0.15) is 0 Å². The van der Waals surface area contributed by atoms with Crippen LogP contribution in [0, 0.1) is 17.3 Å². The molecule has 0 unspecified atom stereocenters. The van der Waals surface area contributed by atoms with Crippen LogP contribution < -0.4 is 5.32 Å². The third kappa shape index (κ3) is 2.91. The number of hydrogen-bond acceptors (Lipinski definition) is 3. The van der Waals surface area contributed by atoms with Crippen LogP contribution in [0.25, 0.3) is 0 Å². The van der Waals surface area contributed by atoms with E-state index in [2.05, 4.69) is 5.32 Å². The minimum atomic E-state index is 0.0911. The van der Waals surface area contributed by atoms with Crippen molar-refractivity contribution in [3.8, 4) is 0 Å². The second kappa shape index (κ2) is 5.93. The van der Waals surface area contributed by atoms with E-state index in [0.717, 1.165) is 38.8 Å². The molecule has 124 valence electrons. The average Bonchev–Trinajstić information content (AvgIpc) is 3.07. The van der Waals surface area contributed by atoms with Crippen LogP contribution in [0.1, 0.15) is 43.4 Å². The van der Waals surface area contributed by atoms with Crippen molar-refractivity contribution in [2.45, 2.75) is 45.1 Å². The highest BCUT2D eigenvalue weighted by molar-refractivity contribution is 7.09. The highest BCUT2D eigenvalue weighted by atomic mass is 32.1. The van der Waals surface area contributed by atoms with Crippen LogP contribution in [0.4, 0.5) is 0 Å². The second-order valence-corrected chi connectivity index (χ2v) is 8.44. The first kappa shape index (κ1) is 15.2. The van der Waals surface area contributed by atoms with E-state index in [1.54, 1.807) is 11.3 Å². The molecule has 2 heterocycles. The predicted octanol–water partition coefficient (Wildman–Crippen LogP) is 2.79. The van der Waals surface area contributed by atoms with Gasteiger partial charge in [-0.25, -0.2) is 0 Å². The molecule has 3 fully saturated rings. The van der Waals surface area contributed by atoms with E-state index in [1.165, 1.54) is 17.7 Å². The van der Waals surface area contributed by atoms with Crippen molar-refractivity contribution in [1.82, 2.24) is 10.2 Å². The van der Waals surface area contributed by atoms with Gasteiger partial charge in [-0.15, -0.1) is 11.3 Å². The number of likely N-dealkylation sites (tertiary alicyclic amines) is 1. The lowest BCUT2D eigenvalue weighted by atomic mass is 10.0. The largest absolute Gasteiger partial charge is 0.351 e. The maximum absolute atomic E-state index is 12.5. The van der Waals surface area contributed by atoms with Gasteiger partial charge in [-0.3, -0.25) is 9.59 Å². The maximum atomic E-state index is 12.5. The standard InChI is InChI=1S/C18H24N2O2S/c21-16(19-11-14-6-3-9-23-14)15-10-18(15)7-8-20(12-18)17(22)13-4-1-2-5-13/h3,6,9,13,15H,1-2,4-5,7-8,10-12H2,(H,19,21)/t15-,18-/m1/s1. The van der Waals surface area contributed by atoms with E-state index in [-0.39, 0.29) is 23.2 Å².